The second-order valence-corrected chi connectivity index (χ2v) is 6.50. The highest BCUT2D eigenvalue weighted by Crippen LogP contribution is 2.24. The van der Waals surface area contributed by atoms with Gasteiger partial charge in [-0.2, -0.15) is 0 Å². The van der Waals surface area contributed by atoms with Crippen LogP contribution < -0.4 is 5.32 Å². The zero-order chi connectivity index (χ0) is 18.9. The third-order valence-electron chi connectivity index (χ3n) is 4.07. The number of aliphatic imine (C=N–C) groups is 1. The van der Waals surface area contributed by atoms with Gasteiger partial charge in [0.2, 0.25) is 5.76 Å². The Morgan fingerprint density at radius 2 is 2.12 bits per heavy atom. The Morgan fingerprint density at radius 3 is 2.77 bits per heavy atom. The Balaban J connectivity index is 2.18. The van der Waals surface area contributed by atoms with Gasteiger partial charge in [-0.05, 0) is 43.7 Å². The Labute approximate surface area is 159 Å². The molecule has 26 heavy (non-hydrogen) atoms. The maximum Gasteiger partial charge on any atom is 0.312 e. The molecule has 1 aromatic carbocycles. The van der Waals surface area contributed by atoms with Crippen molar-refractivity contribution in [2.45, 2.75) is 26.3 Å². The van der Waals surface area contributed by atoms with Crippen molar-refractivity contribution in [3.63, 3.8) is 0 Å². The lowest BCUT2D eigenvalue weighted by Crippen LogP contribution is -2.31. The highest BCUT2D eigenvalue weighted by Gasteiger charge is 2.13. The summed E-state index contributed by atoms with van der Waals surface area (Å²) in [6.45, 7) is 6.45. The molecule has 0 aliphatic heterocycles. The summed E-state index contributed by atoms with van der Waals surface area (Å²) in [6.07, 6.45) is 5.42. The Morgan fingerprint density at radius 1 is 1.38 bits per heavy atom. The minimum atomic E-state index is -0.499. The van der Waals surface area contributed by atoms with E-state index in [0.29, 0.717) is 13.2 Å². The largest absolute Gasteiger partial charge is 0.490 e. The SMILES string of the molecule is C=NC(=O)/C(=C\N(CNC1=C(C)CCC(Cl)=C1)Cc1ccccc1)OC. The van der Waals surface area contributed by atoms with Gasteiger partial charge in [-0.1, -0.05) is 41.9 Å². The fourth-order valence-electron chi connectivity index (χ4n) is 2.59. The van der Waals surface area contributed by atoms with Gasteiger partial charge in [0.15, 0.2) is 0 Å². The predicted molar refractivity (Wildman–Crippen MR) is 106 cm³/mol. The first-order valence-corrected chi connectivity index (χ1v) is 8.75. The zero-order valence-electron chi connectivity index (χ0n) is 15.2. The van der Waals surface area contributed by atoms with Crippen LogP contribution in [0.2, 0.25) is 0 Å². The molecule has 2 rings (SSSR count). The molecular formula is C20H24ClN3O2. The molecule has 0 radical (unpaired) electrons. The van der Waals surface area contributed by atoms with E-state index in [-0.39, 0.29) is 5.76 Å². The van der Waals surface area contributed by atoms with Gasteiger partial charge in [-0.25, -0.2) is 4.99 Å². The maximum atomic E-state index is 11.8. The Bertz CT molecular complexity index is 739. The summed E-state index contributed by atoms with van der Waals surface area (Å²) < 4.78 is 5.16. The summed E-state index contributed by atoms with van der Waals surface area (Å²) in [4.78, 5) is 17.2. The highest BCUT2D eigenvalue weighted by molar-refractivity contribution is 6.29. The summed E-state index contributed by atoms with van der Waals surface area (Å²) in [6, 6.07) is 9.99. The first-order chi connectivity index (χ1) is 12.5. The van der Waals surface area contributed by atoms with Crippen molar-refractivity contribution in [1.29, 1.82) is 0 Å². The third kappa shape index (κ3) is 5.77. The van der Waals surface area contributed by atoms with E-state index in [2.05, 4.69) is 24.0 Å². The van der Waals surface area contributed by atoms with Crippen LogP contribution in [-0.2, 0) is 16.1 Å². The standard InChI is InChI=1S/C20H24ClN3O2/c1-15-9-10-17(21)11-18(15)23-14-24(12-16-7-5-4-6-8-16)13-19(26-3)20(25)22-2/h4-8,11,13,23H,2,9-10,12,14H2,1,3H3/b19-13+. The van der Waals surface area contributed by atoms with Gasteiger partial charge in [0.05, 0.1) is 13.8 Å². The van der Waals surface area contributed by atoms with Gasteiger partial charge in [-0.15, -0.1) is 0 Å². The molecule has 0 aromatic heterocycles. The molecule has 0 atom stereocenters. The number of ether oxygens (including phenoxy) is 1. The average Bonchev–Trinajstić information content (AvgIpc) is 2.66. The summed E-state index contributed by atoms with van der Waals surface area (Å²) >= 11 is 6.17. The number of methoxy groups -OCH3 is 1. The molecule has 0 saturated heterocycles. The van der Waals surface area contributed by atoms with Gasteiger partial charge in [0, 0.05) is 23.5 Å². The molecule has 1 N–H and O–H groups in total. The molecule has 0 fully saturated rings. The molecule has 138 valence electrons. The smallest absolute Gasteiger partial charge is 0.312 e. The van der Waals surface area contributed by atoms with Crippen molar-refractivity contribution in [3.05, 3.63) is 70.2 Å². The van der Waals surface area contributed by atoms with Crippen LogP contribution >= 0.6 is 11.6 Å². The van der Waals surface area contributed by atoms with E-state index in [1.165, 1.54) is 12.7 Å². The summed E-state index contributed by atoms with van der Waals surface area (Å²) in [5.74, 6) is -0.359. The van der Waals surface area contributed by atoms with Crippen LogP contribution in [0.1, 0.15) is 25.3 Å². The molecule has 6 heteroatoms. The predicted octanol–water partition coefficient (Wildman–Crippen LogP) is 3.94. The van der Waals surface area contributed by atoms with Crippen LogP contribution in [-0.4, -0.2) is 31.3 Å². The van der Waals surface area contributed by atoms with Crippen LogP contribution in [0.25, 0.3) is 0 Å². The lowest BCUT2D eigenvalue weighted by molar-refractivity contribution is -0.117. The van der Waals surface area contributed by atoms with E-state index >= 15 is 0 Å². The molecule has 1 aliphatic rings. The summed E-state index contributed by atoms with van der Waals surface area (Å²) in [7, 11) is 1.44. The van der Waals surface area contributed by atoms with Crippen molar-refractivity contribution >= 4 is 24.2 Å². The lowest BCUT2D eigenvalue weighted by atomic mass is 10.0. The molecule has 1 amide bonds. The zero-order valence-corrected chi connectivity index (χ0v) is 15.9. The highest BCUT2D eigenvalue weighted by atomic mass is 35.5. The fraction of sp³-hybridized carbons (Fsp3) is 0.300. The maximum absolute atomic E-state index is 11.8. The number of nitrogens with zero attached hydrogens (tertiary/aromatic N) is 2. The van der Waals surface area contributed by atoms with Gasteiger partial charge in [-0.3, -0.25) is 4.79 Å². The fourth-order valence-corrected chi connectivity index (χ4v) is 2.79. The molecule has 1 aliphatic carbocycles. The summed E-state index contributed by atoms with van der Waals surface area (Å²) in [5.41, 5.74) is 3.39. The number of hydrogen-bond acceptors (Lipinski definition) is 4. The van der Waals surface area contributed by atoms with Crippen LogP contribution in [0, 0.1) is 0 Å². The van der Waals surface area contributed by atoms with Crippen LogP contribution in [0.3, 0.4) is 0 Å². The van der Waals surface area contributed by atoms with Gasteiger partial charge in [0.1, 0.15) is 0 Å². The second kappa shape index (κ2) is 9.82. The van der Waals surface area contributed by atoms with Crippen molar-refractivity contribution in [2.24, 2.45) is 4.99 Å². The first kappa shape index (κ1) is 19.8. The molecular weight excluding hydrogens is 350 g/mol. The Hall–Kier alpha value is -2.53. The number of hydrogen-bond donors (Lipinski definition) is 1. The monoisotopic (exact) mass is 373 g/mol. The minimum absolute atomic E-state index is 0.139. The topological polar surface area (TPSA) is 53.9 Å². The average molecular weight is 374 g/mol. The third-order valence-corrected chi connectivity index (χ3v) is 4.37. The number of nitrogens with one attached hydrogen (secondary N) is 1. The van der Waals surface area contributed by atoms with E-state index in [1.54, 1.807) is 6.20 Å². The number of benzene rings is 1. The Kier molecular flexibility index (Phi) is 7.48. The number of amides is 1. The van der Waals surface area contributed by atoms with Crippen LogP contribution in [0.5, 0.6) is 0 Å². The van der Waals surface area contributed by atoms with Crippen molar-refractivity contribution in [2.75, 3.05) is 13.8 Å². The molecule has 0 unspecified atom stereocenters. The normalized spacial score (nSPS) is 14.6. The van der Waals surface area contributed by atoms with Crippen molar-refractivity contribution < 1.29 is 9.53 Å². The lowest BCUT2D eigenvalue weighted by Gasteiger charge is -2.25. The van der Waals surface area contributed by atoms with E-state index in [4.69, 9.17) is 16.3 Å². The molecule has 5 nitrogen and oxygen atoms in total. The van der Waals surface area contributed by atoms with E-state index in [0.717, 1.165) is 29.1 Å². The second-order valence-electron chi connectivity index (χ2n) is 6.01. The van der Waals surface area contributed by atoms with Gasteiger partial charge in [0.25, 0.3) is 0 Å². The number of carbonyl (C=O) groups is 1. The van der Waals surface area contributed by atoms with Crippen LogP contribution in [0.4, 0.5) is 0 Å². The van der Waals surface area contributed by atoms with E-state index in [9.17, 15) is 4.79 Å². The van der Waals surface area contributed by atoms with Crippen LogP contribution in [0.15, 0.2) is 69.7 Å². The van der Waals surface area contributed by atoms with Gasteiger partial charge < -0.3 is 15.0 Å². The number of rotatable bonds is 8. The molecule has 0 heterocycles. The molecule has 1 aromatic rings. The first-order valence-electron chi connectivity index (χ1n) is 8.38. The molecule has 0 bridgehead atoms. The number of halogens is 1. The van der Waals surface area contributed by atoms with E-state index in [1.807, 2.05) is 41.3 Å². The van der Waals surface area contributed by atoms with Crippen molar-refractivity contribution in [3.8, 4) is 0 Å². The number of allylic oxidation sites excluding steroid dienone is 3. The van der Waals surface area contributed by atoms with Gasteiger partial charge >= 0.3 is 5.91 Å². The van der Waals surface area contributed by atoms with E-state index < -0.39 is 5.91 Å². The number of carbonyl (C=O) groups excluding carboxylic acids is 1. The molecule has 0 spiro atoms. The summed E-state index contributed by atoms with van der Waals surface area (Å²) in [5, 5.41) is 4.24. The molecule has 0 saturated carbocycles. The quantitative estimate of drug-likeness (QED) is 0.324. The minimum Gasteiger partial charge on any atom is -0.490 e. The van der Waals surface area contributed by atoms with Crippen molar-refractivity contribution in [1.82, 2.24) is 10.2 Å².